The summed E-state index contributed by atoms with van der Waals surface area (Å²) in [5.74, 6) is -1.00. The first-order valence-corrected chi connectivity index (χ1v) is 6.90. The third kappa shape index (κ3) is 3.52. The highest BCUT2D eigenvalue weighted by Crippen LogP contribution is 2.21. The van der Waals surface area contributed by atoms with E-state index in [0.29, 0.717) is 13.0 Å². The van der Waals surface area contributed by atoms with Crippen molar-refractivity contribution in [2.45, 2.75) is 31.5 Å². The maximum Gasteiger partial charge on any atom is 0.326 e. The SMILES string of the molecule is COC1CC(C(=O)O)N(C(=O)NC(C)c2ccccc2)C1. The number of carboxylic acids is 1. The third-order valence-corrected chi connectivity index (χ3v) is 3.78. The molecule has 0 saturated carbocycles. The number of carbonyl (C=O) groups is 2. The molecule has 0 bridgehead atoms. The molecule has 1 aliphatic heterocycles. The summed E-state index contributed by atoms with van der Waals surface area (Å²) in [6.45, 7) is 2.16. The zero-order chi connectivity index (χ0) is 15.4. The van der Waals surface area contributed by atoms with Crippen LogP contribution in [-0.4, -0.2) is 47.8 Å². The number of likely N-dealkylation sites (tertiary alicyclic amines) is 1. The van der Waals surface area contributed by atoms with Crippen molar-refractivity contribution < 1.29 is 19.4 Å². The van der Waals surface area contributed by atoms with Gasteiger partial charge < -0.3 is 20.1 Å². The molecule has 1 heterocycles. The Morgan fingerprint density at radius 1 is 1.38 bits per heavy atom. The molecule has 0 radical (unpaired) electrons. The van der Waals surface area contributed by atoms with E-state index < -0.39 is 12.0 Å². The standard InChI is InChI=1S/C15H20N2O4/c1-10(11-6-4-3-5-7-11)16-15(20)17-9-12(21-2)8-13(17)14(18)19/h3-7,10,12-13H,8-9H2,1-2H3,(H,16,20)(H,18,19). The lowest BCUT2D eigenvalue weighted by atomic mass is 10.1. The van der Waals surface area contributed by atoms with Gasteiger partial charge in [-0.1, -0.05) is 30.3 Å². The Morgan fingerprint density at radius 2 is 2.05 bits per heavy atom. The lowest BCUT2D eigenvalue weighted by molar-refractivity contribution is -0.141. The number of carbonyl (C=O) groups excluding carboxylic acids is 1. The van der Waals surface area contributed by atoms with E-state index in [1.165, 1.54) is 12.0 Å². The highest BCUT2D eigenvalue weighted by Gasteiger charge is 2.40. The van der Waals surface area contributed by atoms with Gasteiger partial charge >= 0.3 is 12.0 Å². The number of carboxylic acid groups (broad SMARTS) is 1. The fourth-order valence-corrected chi connectivity index (χ4v) is 2.52. The van der Waals surface area contributed by atoms with Gasteiger partial charge in [0, 0.05) is 20.1 Å². The van der Waals surface area contributed by atoms with Crippen molar-refractivity contribution >= 4 is 12.0 Å². The molecular weight excluding hydrogens is 272 g/mol. The van der Waals surface area contributed by atoms with Gasteiger partial charge in [-0.05, 0) is 12.5 Å². The number of aliphatic carboxylic acids is 1. The first-order chi connectivity index (χ1) is 10.0. The minimum atomic E-state index is -1.00. The number of ether oxygens (including phenoxy) is 1. The van der Waals surface area contributed by atoms with Gasteiger partial charge in [-0.2, -0.15) is 0 Å². The van der Waals surface area contributed by atoms with Gasteiger partial charge in [0.1, 0.15) is 6.04 Å². The molecular formula is C15H20N2O4. The van der Waals surface area contributed by atoms with Crippen LogP contribution in [0.4, 0.5) is 4.79 Å². The maximum absolute atomic E-state index is 12.3. The number of nitrogens with one attached hydrogen (secondary N) is 1. The monoisotopic (exact) mass is 292 g/mol. The topological polar surface area (TPSA) is 78.9 Å². The van der Waals surface area contributed by atoms with Gasteiger partial charge in [0.25, 0.3) is 0 Å². The number of benzene rings is 1. The number of hydrogen-bond donors (Lipinski definition) is 2. The highest BCUT2D eigenvalue weighted by molar-refractivity contribution is 5.83. The Morgan fingerprint density at radius 3 is 2.62 bits per heavy atom. The lowest BCUT2D eigenvalue weighted by Gasteiger charge is -2.24. The van der Waals surface area contributed by atoms with Crippen molar-refractivity contribution in [1.82, 2.24) is 10.2 Å². The summed E-state index contributed by atoms with van der Waals surface area (Å²) in [6.07, 6.45) is 0.0859. The van der Waals surface area contributed by atoms with Crippen LogP contribution in [0.3, 0.4) is 0 Å². The molecule has 3 atom stereocenters. The van der Waals surface area contributed by atoms with Gasteiger partial charge in [-0.15, -0.1) is 0 Å². The van der Waals surface area contributed by atoms with Crippen LogP contribution in [0, 0.1) is 0 Å². The number of methoxy groups -OCH3 is 1. The minimum absolute atomic E-state index is 0.185. The van der Waals surface area contributed by atoms with Crippen molar-refractivity contribution in [1.29, 1.82) is 0 Å². The van der Waals surface area contributed by atoms with Crippen LogP contribution in [0.2, 0.25) is 0 Å². The molecule has 0 spiro atoms. The van der Waals surface area contributed by atoms with E-state index in [1.54, 1.807) is 0 Å². The van der Waals surface area contributed by atoms with Crippen LogP contribution in [0.15, 0.2) is 30.3 Å². The van der Waals surface area contributed by atoms with Crippen molar-refractivity contribution in [3.05, 3.63) is 35.9 Å². The zero-order valence-corrected chi connectivity index (χ0v) is 12.2. The molecule has 1 saturated heterocycles. The van der Waals surface area contributed by atoms with E-state index in [4.69, 9.17) is 4.74 Å². The number of rotatable bonds is 4. The summed E-state index contributed by atoms with van der Waals surface area (Å²) in [5.41, 5.74) is 0.972. The smallest absolute Gasteiger partial charge is 0.326 e. The molecule has 1 aliphatic rings. The number of hydrogen-bond acceptors (Lipinski definition) is 3. The molecule has 6 heteroatoms. The normalized spacial score (nSPS) is 22.9. The molecule has 2 amide bonds. The second kappa shape index (κ2) is 6.58. The Labute approximate surface area is 123 Å². The molecule has 21 heavy (non-hydrogen) atoms. The van der Waals surface area contributed by atoms with E-state index in [2.05, 4.69) is 5.32 Å². The predicted octanol–water partition coefficient (Wildman–Crippen LogP) is 1.63. The van der Waals surface area contributed by atoms with Crippen LogP contribution < -0.4 is 5.32 Å². The van der Waals surface area contributed by atoms with E-state index >= 15 is 0 Å². The van der Waals surface area contributed by atoms with E-state index in [-0.39, 0.29) is 18.2 Å². The Balaban J connectivity index is 2.03. The van der Waals surface area contributed by atoms with Crippen LogP contribution >= 0.6 is 0 Å². The summed E-state index contributed by atoms with van der Waals surface area (Å²) in [6, 6.07) is 8.14. The van der Waals surface area contributed by atoms with Crippen molar-refractivity contribution in [2.24, 2.45) is 0 Å². The molecule has 6 nitrogen and oxygen atoms in total. The quantitative estimate of drug-likeness (QED) is 0.884. The molecule has 0 aromatic heterocycles. The van der Waals surface area contributed by atoms with Crippen molar-refractivity contribution in [3.63, 3.8) is 0 Å². The third-order valence-electron chi connectivity index (χ3n) is 3.78. The molecule has 3 unspecified atom stereocenters. The van der Waals surface area contributed by atoms with Crippen LogP contribution in [0.1, 0.15) is 24.9 Å². The summed E-state index contributed by atoms with van der Waals surface area (Å²) < 4.78 is 5.18. The van der Waals surface area contributed by atoms with Crippen LogP contribution in [0.25, 0.3) is 0 Å². The Kier molecular flexibility index (Phi) is 4.80. The van der Waals surface area contributed by atoms with E-state index in [0.717, 1.165) is 5.56 Å². The summed E-state index contributed by atoms with van der Waals surface area (Å²) in [5, 5.41) is 12.1. The minimum Gasteiger partial charge on any atom is -0.480 e. The number of nitrogens with zero attached hydrogens (tertiary/aromatic N) is 1. The molecule has 1 aromatic rings. The van der Waals surface area contributed by atoms with Gasteiger partial charge in [0.2, 0.25) is 0 Å². The average Bonchev–Trinajstić information content (AvgIpc) is 2.92. The van der Waals surface area contributed by atoms with Gasteiger partial charge in [-0.25, -0.2) is 9.59 Å². The fourth-order valence-electron chi connectivity index (χ4n) is 2.52. The maximum atomic E-state index is 12.3. The average molecular weight is 292 g/mol. The molecule has 114 valence electrons. The molecule has 2 N–H and O–H groups in total. The molecule has 0 aliphatic carbocycles. The predicted molar refractivity (Wildman–Crippen MR) is 76.9 cm³/mol. The summed E-state index contributed by atoms with van der Waals surface area (Å²) in [7, 11) is 1.53. The van der Waals surface area contributed by atoms with E-state index in [9.17, 15) is 14.7 Å². The second-order valence-electron chi connectivity index (χ2n) is 5.18. The Hall–Kier alpha value is -2.08. The lowest BCUT2D eigenvalue weighted by Crippen LogP contribution is -2.46. The van der Waals surface area contributed by atoms with E-state index in [1.807, 2.05) is 37.3 Å². The summed E-state index contributed by atoms with van der Waals surface area (Å²) in [4.78, 5) is 24.9. The second-order valence-corrected chi connectivity index (χ2v) is 5.18. The van der Waals surface area contributed by atoms with Gasteiger partial charge in [0.15, 0.2) is 0 Å². The van der Waals surface area contributed by atoms with Gasteiger partial charge in [-0.3, -0.25) is 0 Å². The highest BCUT2D eigenvalue weighted by atomic mass is 16.5. The van der Waals surface area contributed by atoms with Crippen molar-refractivity contribution in [2.75, 3.05) is 13.7 Å². The number of amides is 2. The van der Waals surface area contributed by atoms with Gasteiger partial charge in [0.05, 0.1) is 12.1 Å². The molecule has 2 rings (SSSR count). The summed E-state index contributed by atoms with van der Waals surface area (Å²) >= 11 is 0. The zero-order valence-electron chi connectivity index (χ0n) is 12.2. The largest absolute Gasteiger partial charge is 0.480 e. The first kappa shape index (κ1) is 15.3. The van der Waals surface area contributed by atoms with Crippen LogP contribution in [0.5, 0.6) is 0 Å². The molecule has 1 fully saturated rings. The van der Waals surface area contributed by atoms with Crippen molar-refractivity contribution in [3.8, 4) is 0 Å². The molecule has 1 aromatic carbocycles. The fraction of sp³-hybridized carbons (Fsp3) is 0.467. The number of urea groups is 1. The Bertz CT molecular complexity index is 506. The van der Waals surface area contributed by atoms with Crippen LogP contribution in [-0.2, 0) is 9.53 Å². The first-order valence-electron chi connectivity index (χ1n) is 6.90.